The predicted molar refractivity (Wildman–Crippen MR) is 73.5 cm³/mol. The predicted octanol–water partition coefficient (Wildman–Crippen LogP) is 1.28. The first-order valence-electron chi connectivity index (χ1n) is 5.68. The standard InChI is InChI=1S/C13H12N2O4S/c16-10-15(12-2-1-3-13(17)8-12)20(18,19)9-11-4-6-14-7-5-11/h1-8,10,17H,9H2. The molecule has 0 radical (unpaired) electrons. The van der Waals surface area contributed by atoms with Crippen molar-refractivity contribution in [3.63, 3.8) is 0 Å². The number of phenolic OH excluding ortho intramolecular Hbond substituents is 1. The van der Waals surface area contributed by atoms with Crippen LogP contribution in [-0.2, 0) is 20.6 Å². The molecule has 0 aliphatic heterocycles. The van der Waals surface area contributed by atoms with Gasteiger partial charge in [-0.25, -0.2) is 12.7 Å². The Balaban J connectivity index is 2.33. The van der Waals surface area contributed by atoms with E-state index in [1.165, 1.54) is 36.7 Å². The number of anilines is 1. The number of phenols is 1. The third-order valence-corrected chi connectivity index (χ3v) is 4.17. The molecule has 0 bridgehead atoms. The molecule has 0 aliphatic rings. The van der Waals surface area contributed by atoms with E-state index in [2.05, 4.69) is 4.98 Å². The molecule has 0 saturated heterocycles. The minimum Gasteiger partial charge on any atom is -0.508 e. The van der Waals surface area contributed by atoms with Crippen molar-refractivity contribution in [2.45, 2.75) is 5.75 Å². The first-order chi connectivity index (χ1) is 9.53. The molecule has 1 N–H and O–H groups in total. The van der Waals surface area contributed by atoms with Gasteiger partial charge in [-0.15, -0.1) is 0 Å². The number of rotatable bonds is 5. The van der Waals surface area contributed by atoms with Gasteiger partial charge in [0, 0.05) is 18.5 Å². The van der Waals surface area contributed by atoms with E-state index in [1.54, 1.807) is 12.1 Å². The highest BCUT2D eigenvalue weighted by Gasteiger charge is 2.22. The van der Waals surface area contributed by atoms with E-state index in [-0.39, 0.29) is 23.6 Å². The van der Waals surface area contributed by atoms with Crippen LogP contribution < -0.4 is 4.31 Å². The number of carbonyl (C=O) groups is 1. The molecule has 0 spiro atoms. The number of hydrogen-bond acceptors (Lipinski definition) is 5. The average molecular weight is 292 g/mol. The van der Waals surface area contributed by atoms with Crippen LogP contribution in [0.1, 0.15) is 5.56 Å². The summed E-state index contributed by atoms with van der Waals surface area (Å²) >= 11 is 0. The zero-order chi connectivity index (χ0) is 14.6. The maximum atomic E-state index is 12.2. The Labute approximate surface area is 116 Å². The van der Waals surface area contributed by atoms with Gasteiger partial charge in [0.15, 0.2) is 0 Å². The number of benzene rings is 1. The SMILES string of the molecule is O=CN(c1cccc(O)c1)S(=O)(=O)Cc1ccncc1. The van der Waals surface area contributed by atoms with Crippen LogP contribution in [0.25, 0.3) is 0 Å². The fourth-order valence-corrected chi connectivity index (χ4v) is 2.99. The highest BCUT2D eigenvalue weighted by Crippen LogP contribution is 2.23. The van der Waals surface area contributed by atoms with Crippen LogP contribution in [0.2, 0.25) is 0 Å². The molecule has 1 aromatic heterocycles. The Morgan fingerprint density at radius 3 is 2.50 bits per heavy atom. The maximum Gasteiger partial charge on any atom is 0.245 e. The van der Waals surface area contributed by atoms with Crippen molar-refractivity contribution in [1.82, 2.24) is 4.98 Å². The van der Waals surface area contributed by atoms with Gasteiger partial charge in [-0.1, -0.05) is 6.07 Å². The lowest BCUT2D eigenvalue weighted by atomic mass is 10.3. The van der Waals surface area contributed by atoms with Crippen molar-refractivity contribution in [2.24, 2.45) is 0 Å². The minimum atomic E-state index is -3.87. The molecule has 20 heavy (non-hydrogen) atoms. The van der Waals surface area contributed by atoms with Crippen LogP contribution in [-0.4, -0.2) is 24.9 Å². The second kappa shape index (κ2) is 5.70. The molecule has 0 unspecified atom stereocenters. The lowest BCUT2D eigenvalue weighted by Gasteiger charge is -2.17. The molecule has 0 fully saturated rings. The van der Waals surface area contributed by atoms with Gasteiger partial charge >= 0.3 is 0 Å². The lowest BCUT2D eigenvalue weighted by molar-refractivity contribution is -0.106. The Bertz CT molecular complexity index is 701. The van der Waals surface area contributed by atoms with E-state index >= 15 is 0 Å². The van der Waals surface area contributed by atoms with Crippen LogP contribution in [0.4, 0.5) is 5.69 Å². The topological polar surface area (TPSA) is 87.6 Å². The molecule has 1 amide bonds. The van der Waals surface area contributed by atoms with E-state index < -0.39 is 10.0 Å². The number of amides is 1. The number of nitrogens with zero attached hydrogens (tertiary/aromatic N) is 2. The van der Waals surface area contributed by atoms with Gasteiger partial charge in [0.05, 0.1) is 11.4 Å². The monoisotopic (exact) mass is 292 g/mol. The molecule has 2 aromatic rings. The molecule has 0 saturated carbocycles. The fourth-order valence-electron chi connectivity index (χ4n) is 1.68. The van der Waals surface area contributed by atoms with Crippen LogP contribution in [0.3, 0.4) is 0 Å². The van der Waals surface area contributed by atoms with Crippen molar-refractivity contribution in [1.29, 1.82) is 0 Å². The first kappa shape index (κ1) is 14.0. The molecule has 0 atom stereocenters. The van der Waals surface area contributed by atoms with Gasteiger partial charge in [0.1, 0.15) is 5.75 Å². The normalized spacial score (nSPS) is 11.0. The van der Waals surface area contributed by atoms with Crippen molar-refractivity contribution in [3.8, 4) is 5.75 Å². The summed E-state index contributed by atoms with van der Waals surface area (Å²) < 4.78 is 25.1. The number of carbonyl (C=O) groups excluding carboxylic acids is 1. The largest absolute Gasteiger partial charge is 0.508 e. The summed E-state index contributed by atoms with van der Waals surface area (Å²) in [4.78, 5) is 14.9. The summed E-state index contributed by atoms with van der Waals surface area (Å²) in [6.45, 7) is 0. The Kier molecular flexibility index (Phi) is 3.99. The Morgan fingerprint density at radius 2 is 1.90 bits per heavy atom. The van der Waals surface area contributed by atoms with E-state index in [4.69, 9.17) is 0 Å². The van der Waals surface area contributed by atoms with Gasteiger partial charge < -0.3 is 5.11 Å². The van der Waals surface area contributed by atoms with Crippen molar-refractivity contribution in [2.75, 3.05) is 4.31 Å². The lowest BCUT2D eigenvalue weighted by Crippen LogP contribution is -2.30. The molecular weight excluding hydrogens is 280 g/mol. The Hall–Kier alpha value is -2.41. The van der Waals surface area contributed by atoms with Gasteiger partial charge in [0.25, 0.3) is 0 Å². The molecule has 2 rings (SSSR count). The summed E-state index contributed by atoms with van der Waals surface area (Å²) in [5.74, 6) is -0.447. The second-order valence-electron chi connectivity index (χ2n) is 4.03. The van der Waals surface area contributed by atoms with Gasteiger partial charge in [-0.3, -0.25) is 9.78 Å². The number of aromatic nitrogens is 1. The smallest absolute Gasteiger partial charge is 0.245 e. The van der Waals surface area contributed by atoms with Crippen molar-refractivity contribution >= 4 is 22.1 Å². The van der Waals surface area contributed by atoms with Gasteiger partial charge in [0.2, 0.25) is 16.4 Å². The van der Waals surface area contributed by atoms with Crippen LogP contribution in [0.15, 0.2) is 48.8 Å². The minimum absolute atomic E-state index is 0.0917. The molecule has 104 valence electrons. The highest BCUT2D eigenvalue weighted by atomic mass is 32.2. The first-order valence-corrected chi connectivity index (χ1v) is 7.29. The summed E-state index contributed by atoms with van der Waals surface area (Å²) in [5.41, 5.74) is 0.612. The molecule has 6 nitrogen and oxygen atoms in total. The third-order valence-electron chi connectivity index (χ3n) is 2.58. The molecule has 7 heteroatoms. The third kappa shape index (κ3) is 3.12. The van der Waals surface area contributed by atoms with E-state index in [0.717, 1.165) is 0 Å². The number of sulfonamides is 1. The zero-order valence-electron chi connectivity index (χ0n) is 10.4. The van der Waals surface area contributed by atoms with E-state index in [9.17, 15) is 18.3 Å². The quantitative estimate of drug-likeness (QED) is 0.839. The summed E-state index contributed by atoms with van der Waals surface area (Å²) in [6.07, 6.45) is 3.17. The molecular formula is C13H12N2O4S. The van der Waals surface area contributed by atoms with E-state index in [0.29, 0.717) is 9.87 Å². The second-order valence-corrected chi connectivity index (χ2v) is 5.88. The van der Waals surface area contributed by atoms with Gasteiger partial charge in [-0.2, -0.15) is 0 Å². The molecule has 1 aromatic carbocycles. The van der Waals surface area contributed by atoms with Crippen LogP contribution in [0.5, 0.6) is 5.75 Å². The maximum absolute atomic E-state index is 12.2. The van der Waals surface area contributed by atoms with Crippen molar-refractivity contribution in [3.05, 3.63) is 54.4 Å². The summed E-state index contributed by atoms with van der Waals surface area (Å²) in [7, 11) is -3.87. The summed E-state index contributed by atoms with van der Waals surface area (Å²) in [5, 5.41) is 9.37. The van der Waals surface area contributed by atoms with Gasteiger partial charge in [-0.05, 0) is 29.8 Å². The van der Waals surface area contributed by atoms with Crippen molar-refractivity contribution < 1.29 is 18.3 Å². The Morgan fingerprint density at radius 1 is 1.20 bits per heavy atom. The van der Waals surface area contributed by atoms with Crippen LogP contribution in [0, 0.1) is 0 Å². The number of hydrogen-bond donors (Lipinski definition) is 1. The van der Waals surface area contributed by atoms with Crippen LogP contribution >= 0.6 is 0 Å². The summed E-state index contributed by atoms with van der Waals surface area (Å²) in [6, 6.07) is 8.60. The highest BCUT2D eigenvalue weighted by molar-refractivity contribution is 7.92. The molecule has 0 aliphatic carbocycles. The zero-order valence-corrected chi connectivity index (χ0v) is 11.2. The average Bonchev–Trinajstić information content (AvgIpc) is 2.39. The molecule has 1 heterocycles. The number of aromatic hydroxyl groups is 1. The van der Waals surface area contributed by atoms with E-state index in [1.807, 2.05) is 0 Å². The fraction of sp³-hybridized carbons (Fsp3) is 0.0769. The number of pyridine rings is 1.